The number of nitrogens with one attached hydrogen (secondary N) is 2. The normalized spacial score (nSPS) is 12.9. The molecule has 1 amide bonds. The van der Waals surface area contributed by atoms with Crippen LogP contribution in [0.25, 0.3) is 33.7 Å². The Hall–Kier alpha value is -4.30. The van der Waals surface area contributed by atoms with Gasteiger partial charge in [-0.05, 0) is 54.1 Å². The first-order chi connectivity index (χ1) is 17.0. The highest BCUT2D eigenvalue weighted by atomic mass is 35.5. The molecule has 0 radical (unpaired) electrons. The minimum atomic E-state index is -0.348. The van der Waals surface area contributed by atoms with Crippen LogP contribution in [0.1, 0.15) is 10.6 Å². The quantitative estimate of drug-likeness (QED) is 0.343. The number of aromatic amines is 1. The molecule has 0 saturated heterocycles. The second-order valence-electron chi connectivity index (χ2n) is 8.26. The number of ether oxygens (including phenoxy) is 1. The number of benzene rings is 2. The molecule has 2 aromatic carbocycles. The van der Waals surface area contributed by atoms with E-state index in [4.69, 9.17) is 20.8 Å². The lowest BCUT2D eigenvalue weighted by Gasteiger charge is -2.28. The van der Waals surface area contributed by atoms with E-state index >= 15 is 0 Å². The van der Waals surface area contributed by atoms with Crippen LogP contribution in [-0.2, 0) is 0 Å². The molecule has 5 aromatic rings. The van der Waals surface area contributed by atoms with Crippen molar-refractivity contribution in [3.63, 3.8) is 0 Å². The zero-order valence-corrected chi connectivity index (χ0v) is 19.5. The van der Waals surface area contributed by atoms with Crippen LogP contribution in [0.3, 0.4) is 0 Å². The fourth-order valence-corrected chi connectivity index (χ4v) is 4.32. The molecular formula is C26H20ClN5O3. The van der Waals surface area contributed by atoms with E-state index in [1.807, 2.05) is 12.1 Å². The van der Waals surface area contributed by atoms with E-state index in [0.717, 1.165) is 34.6 Å². The maximum Gasteiger partial charge on any atom is 0.291 e. The monoisotopic (exact) mass is 485 g/mol. The number of imidazole rings is 1. The molecule has 4 heterocycles. The Balaban J connectivity index is 1.32. The van der Waals surface area contributed by atoms with Crippen LogP contribution in [0, 0.1) is 0 Å². The third-order valence-electron chi connectivity index (χ3n) is 5.95. The van der Waals surface area contributed by atoms with E-state index in [9.17, 15) is 4.79 Å². The Morgan fingerprint density at radius 3 is 2.91 bits per heavy atom. The molecule has 3 aromatic heterocycles. The number of carbonyl (C=O) groups excluding carboxylic acids is 1. The minimum absolute atomic E-state index is 0.223. The third kappa shape index (κ3) is 3.98. The second kappa shape index (κ2) is 8.48. The second-order valence-corrected chi connectivity index (χ2v) is 8.67. The fraction of sp³-hybridized carbons (Fsp3) is 0.115. The summed E-state index contributed by atoms with van der Waals surface area (Å²) in [5, 5.41) is 3.31. The zero-order valence-electron chi connectivity index (χ0n) is 18.7. The molecule has 2 N–H and O–H groups in total. The predicted molar refractivity (Wildman–Crippen MR) is 135 cm³/mol. The maximum absolute atomic E-state index is 12.3. The van der Waals surface area contributed by atoms with Crippen molar-refractivity contribution >= 4 is 40.0 Å². The van der Waals surface area contributed by atoms with Crippen molar-refractivity contribution in [3.8, 4) is 28.3 Å². The summed E-state index contributed by atoms with van der Waals surface area (Å²) in [6, 6.07) is 16.6. The lowest BCUT2D eigenvalue weighted by atomic mass is 10.1. The number of furan rings is 1. The lowest BCUT2D eigenvalue weighted by molar-refractivity contribution is 0.0996. The van der Waals surface area contributed by atoms with Crippen LogP contribution >= 0.6 is 11.6 Å². The molecule has 9 heteroatoms. The first-order valence-electron chi connectivity index (χ1n) is 11.0. The highest BCUT2D eigenvalue weighted by molar-refractivity contribution is 6.33. The lowest BCUT2D eigenvalue weighted by Crippen LogP contribution is -2.28. The number of hydrogen-bond donors (Lipinski definition) is 2. The number of likely N-dealkylation sites (N-methyl/N-ethyl adjacent to an activating group) is 1. The van der Waals surface area contributed by atoms with E-state index in [1.165, 1.54) is 6.26 Å². The van der Waals surface area contributed by atoms with Crippen LogP contribution in [0.4, 0.5) is 11.4 Å². The minimum Gasteiger partial charge on any atom is -0.490 e. The van der Waals surface area contributed by atoms with Crippen LogP contribution in [0.5, 0.6) is 5.75 Å². The molecule has 0 aliphatic carbocycles. The van der Waals surface area contributed by atoms with E-state index in [1.54, 1.807) is 36.5 Å². The van der Waals surface area contributed by atoms with Gasteiger partial charge in [0.1, 0.15) is 18.2 Å². The molecule has 0 atom stereocenters. The van der Waals surface area contributed by atoms with E-state index in [2.05, 4.69) is 44.3 Å². The highest BCUT2D eigenvalue weighted by Crippen LogP contribution is 2.36. The number of H-pyrrole nitrogens is 1. The SMILES string of the molecule is CN1CCOc2cc(-c3cnc4nc(-c5cc(NC(=O)c6ccco6)ccc5Cl)[nH]c4c3)ccc21. The Labute approximate surface area is 205 Å². The van der Waals surface area contributed by atoms with E-state index < -0.39 is 0 Å². The summed E-state index contributed by atoms with van der Waals surface area (Å²) in [7, 11) is 2.06. The average molecular weight is 486 g/mol. The van der Waals surface area contributed by atoms with Crippen LogP contribution in [0.2, 0.25) is 5.02 Å². The number of aromatic nitrogens is 3. The van der Waals surface area contributed by atoms with Gasteiger partial charge in [0.25, 0.3) is 5.91 Å². The molecule has 0 fully saturated rings. The summed E-state index contributed by atoms with van der Waals surface area (Å²) >= 11 is 6.47. The molecule has 8 nitrogen and oxygen atoms in total. The summed E-state index contributed by atoms with van der Waals surface area (Å²) in [4.78, 5) is 27.0. The number of rotatable bonds is 4. The van der Waals surface area contributed by atoms with Gasteiger partial charge in [0.05, 0.1) is 29.0 Å². The molecule has 174 valence electrons. The van der Waals surface area contributed by atoms with Crippen molar-refractivity contribution in [3.05, 3.63) is 77.8 Å². The summed E-state index contributed by atoms with van der Waals surface area (Å²) in [5.41, 5.74) is 5.58. The first kappa shape index (κ1) is 21.2. The number of fused-ring (bicyclic) bond motifs is 2. The molecule has 35 heavy (non-hydrogen) atoms. The van der Waals surface area contributed by atoms with Gasteiger partial charge in [0, 0.05) is 30.1 Å². The number of anilines is 2. The number of nitrogens with zero attached hydrogens (tertiary/aromatic N) is 3. The number of halogens is 1. The molecule has 0 saturated carbocycles. The number of carbonyl (C=O) groups is 1. The Bertz CT molecular complexity index is 1560. The van der Waals surface area contributed by atoms with Crippen molar-refractivity contribution in [2.75, 3.05) is 30.4 Å². The predicted octanol–water partition coefficient (Wildman–Crippen LogP) is 5.62. The van der Waals surface area contributed by atoms with Gasteiger partial charge < -0.3 is 24.4 Å². The molecule has 1 aliphatic heterocycles. The highest BCUT2D eigenvalue weighted by Gasteiger charge is 2.17. The van der Waals surface area contributed by atoms with Gasteiger partial charge in [-0.2, -0.15) is 0 Å². The van der Waals surface area contributed by atoms with Gasteiger partial charge in [0.2, 0.25) is 0 Å². The first-order valence-corrected chi connectivity index (χ1v) is 11.4. The summed E-state index contributed by atoms with van der Waals surface area (Å²) in [5.74, 6) is 1.29. The van der Waals surface area contributed by atoms with Crippen molar-refractivity contribution < 1.29 is 13.9 Å². The standard InChI is InChI=1S/C26H20ClN5O3/c1-32-8-10-35-23-12-15(4-7-21(23)32)16-11-20-25(28-14-16)31-24(30-20)18-13-17(5-6-19(18)27)29-26(33)22-3-2-9-34-22/h2-7,9,11-14H,8,10H2,1H3,(H,29,33)(H,28,30,31). The Kier molecular flexibility index (Phi) is 5.15. The van der Waals surface area contributed by atoms with Crippen LogP contribution < -0.4 is 15.0 Å². The smallest absolute Gasteiger partial charge is 0.291 e. The van der Waals surface area contributed by atoms with E-state index in [0.29, 0.717) is 34.4 Å². The third-order valence-corrected chi connectivity index (χ3v) is 6.28. The Morgan fingerprint density at radius 2 is 2.06 bits per heavy atom. The van der Waals surface area contributed by atoms with Crippen molar-refractivity contribution in [2.45, 2.75) is 0 Å². The van der Waals surface area contributed by atoms with Crippen molar-refractivity contribution in [1.82, 2.24) is 15.0 Å². The zero-order chi connectivity index (χ0) is 23.9. The van der Waals surface area contributed by atoms with Gasteiger partial charge in [-0.3, -0.25) is 4.79 Å². The largest absolute Gasteiger partial charge is 0.490 e. The topological polar surface area (TPSA) is 96.3 Å². The summed E-state index contributed by atoms with van der Waals surface area (Å²) < 4.78 is 11.0. The summed E-state index contributed by atoms with van der Waals surface area (Å²) in [6.45, 7) is 1.53. The van der Waals surface area contributed by atoms with Crippen LogP contribution in [0.15, 0.2) is 71.5 Å². The molecule has 0 bridgehead atoms. The van der Waals surface area contributed by atoms with Gasteiger partial charge in [-0.25, -0.2) is 9.97 Å². The molecule has 0 unspecified atom stereocenters. The number of pyridine rings is 1. The number of amides is 1. The van der Waals surface area contributed by atoms with Gasteiger partial charge in [-0.1, -0.05) is 17.7 Å². The fourth-order valence-electron chi connectivity index (χ4n) is 4.11. The maximum atomic E-state index is 12.3. The van der Waals surface area contributed by atoms with E-state index in [-0.39, 0.29) is 11.7 Å². The molecule has 0 spiro atoms. The summed E-state index contributed by atoms with van der Waals surface area (Å²) in [6.07, 6.45) is 3.25. The van der Waals surface area contributed by atoms with Gasteiger partial charge in [0.15, 0.2) is 11.4 Å². The van der Waals surface area contributed by atoms with Crippen molar-refractivity contribution in [1.29, 1.82) is 0 Å². The number of hydrogen-bond acceptors (Lipinski definition) is 6. The van der Waals surface area contributed by atoms with Gasteiger partial charge >= 0.3 is 0 Å². The molecule has 6 rings (SSSR count). The average Bonchev–Trinajstić information content (AvgIpc) is 3.55. The molecular weight excluding hydrogens is 466 g/mol. The van der Waals surface area contributed by atoms with Crippen molar-refractivity contribution in [2.24, 2.45) is 0 Å². The Morgan fingerprint density at radius 1 is 1.14 bits per heavy atom. The van der Waals surface area contributed by atoms with Crippen LogP contribution in [-0.4, -0.2) is 41.1 Å². The van der Waals surface area contributed by atoms with Gasteiger partial charge in [-0.15, -0.1) is 0 Å². The molecule has 1 aliphatic rings.